The molecule has 1 saturated heterocycles. The molecule has 1 atom stereocenters. The number of nitrogens with zero attached hydrogens (tertiary/aromatic N) is 1. The second-order valence-corrected chi connectivity index (χ2v) is 6.10. The Balaban J connectivity index is 0.00000338. The van der Waals surface area contributed by atoms with Crippen molar-refractivity contribution >= 4 is 29.9 Å². The van der Waals surface area contributed by atoms with Crippen LogP contribution in [0.1, 0.15) is 30.9 Å². The van der Waals surface area contributed by atoms with E-state index in [1.807, 2.05) is 13.0 Å². The van der Waals surface area contributed by atoms with Gasteiger partial charge < -0.3 is 24.8 Å². The number of ether oxygens (including phenoxy) is 3. The Morgan fingerprint density at radius 1 is 1.35 bits per heavy atom. The first-order valence-electron chi connectivity index (χ1n) is 9.09. The van der Waals surface area contributed by atoms with E-state index in [1.54, 1.807) is 7.05 Å². The lowest BCUT2D eigenvalue weighted by atomic mass is 10.1. The normalized spacial score (nSPS) is 16.9. The Bertz CT molecular complexity index is 549. The highest BCUT2D eigenvalue weighted by molar-refractivity contribution is 14.0. The number of nitrogens with one attached hydrogen (secondary N) is 2. The standard InChI is InChI=1S/C19H31N3O3.HI/c1-4-24-18-7-6-16(12-15(18)2)13-22-19(20-3)21-9-5-10-25-17-8-11-23-14-17;/h6-7,12,17H,4-5,8-11,13-14H2,1-3H3,(H2,20,21,22);1H. The van der Waals surface area contributed by atoms with E-state index in [-0.39, 0.29) is 30.1 Å². The van der Waals surface area contributed by atoms with Crippen LogP contribution in [0.15, 0.2) is 23.2 Å². The molecule has 0 aromatic heterocycles. The monoisotopic (exact) mass is 477 g/mol. The lowest BCUT2D eigenvalue weighted by Gasteiger charge is -2.14. The molecule has 0 amide bonds. The van der Waals surface area contributed by atoms with Crippen LogP contribution < -0.4 is 15.4 Å². The van der Waals surface area contributed by atoms with Gasteiger partial charge in [0.1, 0.15) is 5.75 Å². The molecule has 0 radical (unpaired) electrons. The molecule has 1 aliphatic rings. The number of benzene rings is 1. The summed E-state index contributed by atoms with van der Waals surface area (Å²) in [5, 5.41) is 6.65. The molecule has 2 rings (SSSR count). The minimum Gasteiger partial charge on any atom is -0.494 e. The van der Waals surface area contributed by atoms with Crippen molar-refractivity contribution < 1.29 is 14.2 Å². The smallest absolute Gasteiger partial charge is 0.191 e. The van der Waals surface area contributed by atoms with Gasteiger partial charge in [0, 0.05) is 33.4 Å². The molecule has 2 N–H and O–H groups in total. The molecule has 0 bridgehead atoms. The molecular formula is C19H32IN3O3. The third-order valence-corrected chi connectivity index (χ3v) is 4.08. The van der Waals surface area contributed by atoms with E-state index in [1.165, 1.54) is 5.56 Å². The summed E-state index contributed by atoms with van der Waals surface area (Å²) in [6.07, 6.45) is 2.23. The maximum Gasteiger partial charge on any atom is 0.191 e. The van der Waals surface area contributed by atoms with Gasteiger partial charge >= 0.3 is 0 Å². The number of halogens is 1. The molecule has 0 aliphatic carbocycles. The van der Waals surface area contributed by atoms with Crippen molar-refractivity contribution in [2.45, 2.75) is 39.3 Å². The Hall–Kier alpha value is -1.06. The van der Waals surface area contributed by atoms with E-state index in [9.17, 15) is 0 Å². The van der Waals surface area contributed by atoms with E-state index in [0.29, 0.717) is 6.61 Å². The van der Waals surface area contributed by atoms with Crippen LogP contribution in [0, 0.1) is 6.92 Å². The van der Waals surface area contributed by atoms with Crippen LogP contribution in [0.2, 0.25) is 0 Å². The van der Waals surface area contributed by atoms with Crippen molar-refractivity contribution in [3.05, 3.63) is 29.3 Å². The van der Waals surface area contributed by atoms with Crippen molar-refractivity contribution in [3.63, 3.8) is 0 Å². The average Bonchev–Trinajstić information content (AvgIpc) is 3.13. The number of rotatable bonds is 9. The van der Waals surface area contributed by atoms with Crippen LogP contribution in [0.5, 0.6) is 5.75 Å². The van der Waals surface area contributed by atoms with Crippen molar-refractivity contribution in [1.82, 2.24) is 10.6 Å². The summed E-state index contributed by atoms with van der Waals surface area (Å²) < 4.78 is 16.6. The summed E-state index contributed by atoms with van der Waals surface area (Å²) >= 11 is 0. The van der Waals surface area contributed by atoms with E-state index in [2.05, 4.69) is 34.7 Å². The maximum absolute atomic E-state index is 5.75. The van der Waals surface area contributed by atoms with Gasteiger partial charge in [-0.25, -0.2) is 0 Å². The van der Waals surface area contributed by atoms with Gasteiger partial charge in [-0.05, 0) is 43.9 Å². The third-order valence-electron chi connectivity index (χ3n) is 4.08. The molecular weight excluding hydrogens is 445 g/mol. The Labute approximate surface area is 174 Å². The molecule has 1 aromatic carbocycles. The Morgan fingerprint density at radius 2 is 2.19 bits per heavy atom. The quantitative estimate of drug-likeness (QED) is 0.248. The average molecular weight is 477 g/mol. The second kappa shape index (κ2) is 13.2. The molecule has 1 aliphatic heterocycles. The fourth-order valence-corrected chi connectivity index (χ4v) is 2.72. The number of hydrogen-bond donors (Lipinski definition) is 2. The van der Waals surface area contributed by atoms with Gasteiger partial charge in [-0.3, -0.25) is 4.99 Å². The zero-order valence-electron chi connectivity index (χ0n) is 16.0. The highest BCUT2D eigenvalue weighted by Crippen LogP contribution is 2.18. The van der Waals surface area contributed by atoms with E-state index in [0.717, 1.165) is 63.0 Å². The first-order chi connectivity index (χ1) is 12.2. The van der Waals surface area contributed by atoms with Gasteiger partial charge in [-0.1, -0.05) is 12.1 Å². The minimum absolute atomic E-state index is 0. The zero-order valence-corrected chi connectivity index (χ0v) is 18.4. The number of hydrogen-bond acceptors (Lipinski definition) is 4. The Kier molecular flexibility index (Phi) is 11.6. The van der Waals surface area contributed by atoms with Gasteiger partial charge in [-0.15, -0.1) is 24.0 Å². The summed E-state index contributed by atoms with van der Waals surface area (Å²) in [4.78, 5) is 4.26. The van der Waals surface area contributed by atoms with Crippen LogP contribution in [0.4, 0.5) is 0 Å². The van der Waals surface area contributed by atoms with Gasteiger partial charge in [0.15, 0.2) is 5.96 Å². The highest BCUT2D eigenvalue weighted by Gasteiger charge is 2.15. The summed E-state index contributed by atoms with van der Waals surface area (Å²) in [6.45, 7) is 8.61. The van der Waals surface area contributed by atoms with Crippen LogP contribution in [0.3, 0.4) is 0 Å². The van der Waals surface area contributed by atoms with Crippen molar-refractivity contribution in [2.24, 2.45) is 4.99 Å². The predicted molar refractivity (Wildman–Crippen MR) is 116 cm³/mol. The minimum atomic E-state index is 0. The van der Waals surface area contributed by atoms with Crippen molar-refractivity contribution in [2.75, 3.05) is 40.0 Å². The number of aryl methyl sites for hydroxylation is 1. The molecule has 1 heterocycles. The topological polar surface area (TPSA) is 64.1 Å². The molecule has 7 heteroatoms. The Morgan fingerprint density at radius 3 is 2.85 bits per heavy atom. The fraction of sp³-hybridized carbons (Fsp3) is 0.632. The van der Waals surface area contributed by atoms with Gasteiger partial charge in [0.25, 0.3) is 0 Å². The molecule has 148 valence electrons. The van der Waals surface area contributed by atoms with E-state index < -0.39 is 0 Å². The van der Waals surface area contributed by atoms with Crippen LogP contribution in [-0.2, 0) is 16.0 Å². The summed E-state index contributed by atoms with van der Waals surface area (Å²) in [6, 6.07) is 6.24. The van der Waals surface area contributed by atoms with Crippen molar-refractivity contribution in [1.29, 1.82) is 0 Å². The van der Waals surface area contributed by atoms with Gasteiger partial charge in [-0.2, -0.15) is 0 Å². The van der Waals surface area contributed by atoms with Gasteiger partial charge in [0.2, 0.25) is 0 Å². The molecule has 0 saturated carbocycles. The highest BCUT2D eigenvalue weighted by atomic mass is 127. The second-order valence-electron chi connectivity index (χ2n) is 6.10. The summed E-state index contributed by atoms with van der Waals surface area (Å²) in [5.41, 5.74) is 2.35. The number of aliphatic imine (C=N–C) groups is 1. The predicted octanol–water partition coefficient (Wildman–Crippen LogP) is 2.87. The summed E-state index contributed by atoms with van der Waals surface area (Å²) in [5.74, 6) is 1.75. The lowest BCUT2D eigenvalue weighted by Crippen LogP contribution is -2.37. The largest absolute Gasteiger partial charge is 0.494 e. The lowest BCUT2D eigenvalue weighted by molar-refractivity contribution is 0.0420. The first-order valence-corrected chi connectivity index (χ1v) is 9.09. The van der Waals surface area contributed by atoms with Crippen molar-refractivity contribution in [3.8, 4) is 5.75 Å². The molecule has 1 aromatic rings. The van der Waals surface area contributed by atoms with Crippen LogP contribution in [-0.4, -0.2) is 52.1 Å². The fourth-order valence-electron chi connectivity index (χ4n) is 2.72. The zero-order chi connectivity index (χ0) is 17.9. The van der Waals surface area contributed by atoms with E-state index >= 15 is 0 Å². The van der Waals surface area contributed by atoms with E-state index in [4.69, 9.17) is 14.2 Å². The molecule has 26 heavy (non-hydrogen) atoms. The third kappa shape index (κ3) is 8.09. The molecule has 1 unspecified atom stereocenters. The van der Waals surface area contributed by atoms with Crippen LogP contribution >= 0.6 is 24.0 Å². The summed E-state index contributed by atoms with van der Waals surface area (Å²) in [7, 11) is 1.78. The first kappa shape index (κ1) is 23.0. The number of guanidine groups is 1. The van der Waals surface area contributed by atoms with Crippen LogP contribution in [0.25, 0.3) is 0 Å². The molecule has 1 fully saturated rings. The maximum atomic E-state index is 5.75. The molecule has 6 nitrogen and oxygen atoms in total. The van der Waals surface area contributed by atoms with Gasteiger partial charge in [0.05, 0.1) is 19.3 Å². The SMILES string of the molecule is CCOc1ccc(CNC(=NC)NCCCOC2CCOC2)cc1C.I. The molecule has 0 spiro atoms.